The molecule has 0 N–H and O–H groups in total. The molecule has 0 radical (unpaired) electrons. The zero-order valence-corrected chi connectivity index (χ0v) is 12.2. The first kappa shape index (κ1) is 13.2. The smallest absolute Gasteiger partial charge is 0.315 e. The minimum absolute atomic E-state index is 0.138. The Labute approximate surface area is 121 Å². The molecule has 1 aliphatic rings. The Kier molecular flexibility index (Phi) is 3.78. The summed E-state index contributed by atoms with van der Waals surface area (Å²) in [5, 5.41) is 1.03. The number of rotatable bonds is 4. The molecule has 5 heteroatoms. The van der Waals surface area contributed by atoms with Crippen LogP contribution >= 0.6 is 11.3 Å². The molecule has 2 aromatic rings. The van der Waals surface area contributed by atoms with Gasteiger partial charge in [-0.2, -0.15) is 0 Å². The summed E-state index contributed by atoms with van der Waals surface area (Å²) < 4.78 is 5.12. The zero-order chi connectivity index (χ0) is 13.9. The first-order chi connectivity index (χ1) is 9.78. The van der Waals surface area contributed by atoms with E-state index in [0.717, 1.165) is 35.7 Å². The second kappa shape index (κ2) is 5.71. The van der Waals surface area contributed by atoms with Gasteiger partial charge in [0.25, 0.3) is 0 Å². The van der Waals surface area contributed by atoms with Crippen LogP contribution in [0.2, 0.25) is 0 Å². The molecule has 0 amide bonds. The molecule has 2 aromatic heterocycles. The Morgan fingerprint density at radius 2 is 2.40 bits per heavy atom. The molecule has 0 spiro atoms. The van der Waals surface area contributed by atoms with E-state index in [1.165, 1.54) is 4.88 Å². The third kappa shape index (κ3) is 2.58. The van der Waals surface area contributed by atoms with E-state index in [2.05, 4.69) is 9.97 Å². The molecule has 0 bridgehead atoms. The number of thiazole rings is 1. The van der Waals surface area contributed by atoms with E-state index < -0.39 is 0 Å². The lowest BCUT2D eigenvalue weighted by molar-refractivity contribution is -0.145. The first-order valence-electron chi connectivity index (χ1n) is 6.83. The van der Waals surface area contributed by atoms with Crippen LogP contribution in [-0.4, -0.2) is 22.5 Å². The number of carbonyl (C=O) groups excluding carboxylic acids is 1. The molecule has 1 atom stereocenters. The molecule has 0 saturated carbocycles. The number of carbonyl (C=O) groups is 1. The van der Waals surface area contributed by atoms with E-state index in [-0.39, 0.29) is 11.9 Å². The van der Waals surface area contributed by atoms with Crippen LogP contribution in [0.5, 0.6) is 0 Å². The summed E-state index contributed by atoms with van der Waals surface area (Å²) in [5.41, 5.74) is 1.94. The van der Waals surface area contributed by atoms with Gasteiger partial charge in [-0.1, -0.05) is 6.07 Å². The Morgan fingerprint density at radius 1 is 1.50 bits per heavy atom. The fourth-order valence-corrected chi connectivity index (χ4v) is 3.64. The van der Waals surface area contributed by atoms with Crippen molar-refractivity contribution in [1.29, 1.82) is 0 Å². The van der Waals surface area contributed by atoms with Crippen LogP contribution in [-0.2, 0) is 22.4 Å². The number of nitrogens with zero attached hydrogens (tertiary/aromatic N) is 2. The third-order valence-electron chi connectivity index (χ3n) is 3.39. The summed E-state index contributed by atoms with van der Waals surface area (Å²) in [4.78, 5) is 22.1. The molecule has 1 unspecified atom stereocenters. The first-order valence-corrected chi connectivity index (χ1v) is 7.64. The number of hydrogen-bond acceptors (Lipinski definition) is 5. The van der Waals surface area contributed by atoms with Crippen molar-refractivity contribution < 1.29 is 9.53 Å². The Morgan fingerprint density at radius 3 is 3.15 bits per heavy atom. The van der Waals surface area contributed by atoms with Crippen molar-refractivity contribution in [3.63, 3.8) is 0 Å². The summed E-state index contributed by atoms with van der Waals surface area (Å²) in [6.45, 7) is 2.26. The topological polar surface area (TPSA) is 52.1 Å². The van der Waals surface area contributed by atoms with Crippen molar-refractivity contribution >= 4 is 17.3 Å². The van der Waals surface area contributed by atoms with Gasteiger partial charge < -0.3 is 4.74 Å². The normalized spacial score (nSPS) is 16.9. The Bertz CT molecular complexity index is 610. The second-order valence-corrected chi connectivity index (χ2v) is 5.93. The highest BCUT2D eigenvalue weighted by Gasteiger charge is 2.33. The molecule has 4 nitrogen and oxygen atoms in total. The van der Waals surface area contributed by atoms with E-state index >= 15 is 0 Å². The molecule has 0 aromatic carbocycles. The average molecular weight is 288 g/mol. The molecule has 104 valence electrons. The minimum atomic E-state index is -0.168. The Hall–Kier alpha value is -1.75. The van der Waals surface area contributed by atoms with Gasteiger partial charge in [0.05, 0.1) is 17.3 Å². The lowest BCUT2D eigenvalue weighted by Gasteiger charge is -2.07. The minimum Gasteiger partial charge on any atom is -0.465 e. The van der Waals surface area contributed by atoms with Gasteiger partial charge >= 0.3 is 5.97 Å². The highest BCUT2D eigenvalue weighted by Crippen LogP contribution is 2.37. The summed E-state index contributed by atoms with van der Waals surface area (Å²) in [6, 6.07) is 5.88. The fraction of sp³-hybridized carbons (Fsp3) is 0.400. The van der Waals surface area contributed by atoms with Gasteiger partial charge in [0.2, 0.25) is 0 Å². The van der Waals surface area contributed by atoms with Crippen molar-refractivity contribution in [1.82, 2.24) is 9.97 Å². The molecule has 0 aliphatic heterocycles. The number of esters is 1. The van der Waals surface area contributed by atoms with Crippen molar-refractivity contribution in [3.8, 4) is 0 Å². The van der Waals surface area contributed by atoms with E-state index in [9.17, 15) is 4.79 Å². The molecule has 0 saturated heterocycles. The summed E-state index contributed by atoms with van der Waals surface area (Å²) in [5.74, 6) is -0.306. The third-order valence-corrected chi connectivity index (χ3v) is 4.52. The van der Waals surface area contributed by atoms with Gasteiger partial charge in [-0.25, -0.2) is 4.98 Å². The molecule has 0 fully saturated rings. The van der Waals surface area contributed by atoms with Crippen LogP contribution in [0.1, 0.15) is 40.5 Å². The number of pyridine rings is 1. The fourth-order valence-electron chi connectivity index (χ4n) is 2.48. The average Bonchev–Trinajstić information content (AvgIpc) is 2.99. The quantitative estimate of drug-likeness (QED) is 0.812. The maximum atomic E-state index is 11.9. The summed E-state index contributed by atoms with van der Waals surface area (Å²) >= 11 is 1.70. The number of aromatic nitrogens is 2. The van der Waals surface area contributed by atoms with Gasteiger partial charge in [-0.15, -0.1) is 11.3 Å². The number of ether oxygens (including phenoxy) is 1. The standard InChI is InChI=1S/C15H16N2O2S/c1-2-19-15(18)11-6-7-12-14(11)17-13(20-12)9-10-5-3-4-8-16-10/h3-5,8,11H,2,6-7,9H2,1H3. The van der Waals surface area contributed by atoms with E-state index in [1.54, 1.807) is 17.5 Å². The zero-order valence-electron chi connectivity index (χ0n) is 11.3. The predicted molar refractivity (Wildman–Crippen MR) is 76.9 cm³/mol. The van der Waals surface area contributed by atoms with E-state index in [4.69, 9.17) is 4.74 Å². The molecular weight excluding hydrogens is 272 g/mol. The Balaban J connectivity index is 1.78. The van der Waals surface area contributed by atoms with Crippen LogP contribution in [0.15, 0.2) is 24.4 Å². The number of hydrogen-bond donors (Lipinski definition) is 0. The number of aryl methyl sites for hydroxylation is 1. The van der Waals surface area contributed by atoms with Crippen molar-refractivity contribution in [2.75, 3.05) is 6.61 Å². The van der Waals surface area contributed by atoms with Gasteiger partial charge in [0.15, 0.2) is 0 Å². The summed E-state index contributed by atoms with van der Waals surface area (Å²) in [7, 11) is 0. The highest BCUT2D eigenvalue weighted by atomic mass is 32.1. The van der Waals surface area contributed by atoms with E-state index in [1.807, 2.05) is 25.1 Å². The molecule has 1 aliphatic carbocycles. The second-order valence-electron chi connectivity index (χ2n) is 4.76. The van der Waals surface area contributed by atoms with Gasteiger partial charge in [-0.3, -0.25) is 9.78 Å². The van der Waals surface area contributed by atoms with Crippen LogP contribution in [0, 0.1) is 0 Å². The van der Waals surface area contributed by atoms with Crippen LogP contribution < -0.4 is 0 Å². The summed E-state index contributed by atoms with van der Waals surface area (Å²) in [6.07, 6.45) is 4.28. The van der Waals surface area contributed by atoms with Crippen LogP contribution in [0.25, 0.3) is 0 Å². The molecule has 20 heavy (non-hydrogen) atoms. The van der Waals surface area contributed by atoms with E-state index in [0.29, 0.717) is 6.61 Å². The maximum absolute atomic E-state index is 11.9. The SMILES string of the molecule is CCOC(=O)C1CCc2sc(Cc3ccccn3)nc21. The number of fused-ring (bicyclic) bond motifs is 1. The van der Waals surface area contributed by atoms with Crippen LogP contribution in [0.4, 0.5) is 0 Å². The van der Waals surface area contributed by atoms with Crippen LogP contribution in [0.3, 0.4) is 0 Å². The molecular formula is C15H16N2O2S. The lowest BCUT2D eigenvalue weighted by Crippen LogP contribution is -2.14. The molecule has 2 heterocycles. The monoisotopic (exact) mass is 288 g/mol. The largest absolute Gasteiger partial charge is 0.465 e. The maximum Gasteiger partial charge on any atom is 0.315 e. The van der Waals surface area contributed by atoms with Gasteiger partial charge in [0, 0.05) is 23.2 Å². The van der Waals surface area contributed by atoms with Crippen molar-refractivity contribution in [2.45, 2.75) is 32.1 Å². The van der Waals surface area contributed by atoms with Gasteiger partial charge in [-0.05, 0) is 31.9 Å². The van der Waals surface area contributed by atoms with Gasteiger partial charge in [0.1, 0.15) is 5.92 Å². The highest BCUT2D eigenvalue weighted by molar-refractivity contribution is 7.11. The lowest BCUT2D eigenvalue weighted by atomic mass is 10.1. The predicted octanol–water partition coefficient (Wildman–Crippen LogP) is 2.72. The molecule has 3 rings (SSSR count). The van der Waals surface area contributed by atoms with Crippen molar-refractivity contribution in [3.05, 3.63) is 45.7 Å². The van der Waals surface area contributed by atoms with Crippen molar-refractivity contribution in [2.24, 2.45) is 0 Å².